The normalized spacial score (nSPS) is 24.4. The molecule has 3 N–H and O–H groups in total. The van der Waals surface area contributed by atoms with Crippen LogP contribution < -0.4 is 10.6 Å². The highest BCUT2D eigenvalue weighted by Crippen LogP contribution is 2.30. The van der Waals surface area contributed by atoms with Crippen LogP contribution >= 0.6 is 0 Å². The number of carbonyl (C=O) groups excluding carboxylic acids is 1. The number of hydrogen-bond donors (Lipinski definition) is 3. The average molecular weight is 228 g/mol. The van der Waals surface area contributed by atoms with Gasteiger partial charge >= 0.3 is 6.03 Å². The summed E-state index contributed by atoms with van der Waals surface area (Å²) in [5.41, 5.74) is 0. The lowest BCUT2D eigenvalue weighted by Crippen LogP contribution is -2.39. The average Bonchev–Trinajstić information content (AvgIpc) is 2.74. The Bertz CT molecular complexity index is 209. The topological polar surface area (TPSA) is 61.4 Å². The van der Waals surface area contributed by atoms with E-state index in [0.29, 0.717) is 18.4 Å². The maximum atomic E-state index is 11.4. The van der Waals surface area contributed by atoms with E-state index in [1.54, 1.807) is 0 Å². The zero-order valence-corrected chi connectivity index (χ0v) is 10.2. The van der Waals surface area contributed by atoms with Crippen molar-refractivity contribution in [2.75, 3.05) is 19.7 Å². The molecule has 1 aliphatic carbocycles. The molecule has 0 bridgehead atoms. The SMILES string of the molecule is CCCCNC(=O)NCC1CCCC1CO. The van der Waals surface area contributed by atoms with Crippen LogP contribution in [0.15, 0.2) is 0 Å². The lowest BCUT2D eigenvalue weighted by atomic mass is 9.97. The lowest BCUT2D eigenvalue weighted by Gasteiger charge is -2.17. The van der Waals surface area contributed by atoms with Crippen molar-refractivity contribution in [3.8, 4) is 0 Å². The molecule has 2 amide bonds. The van der Waals surface area contributed by atoms with Gasteiger partial charge in [0.15, 0.2) is 0 Å². The van der Waals surface area contributed by atoms with Gasteiger partial charge in [0.1, 0.15) is 0 Å². The van der Waals surface area contributed by atoms with E-state index >= 15 is 0 Å². The number of urea groups is 1. The van der Waals surface area contributed by atoms with Gasteiger partial charge in [-0.3, -0.25) is 0 Å². The minimum atomic E-state index is -0.0722. The van der Waals surface area contributed by atoms with Gasteiger partial charge in [0, 0.05) is 19.7 Å². The van der Waals surface area contributed by atoms with Crippen LogP contribution in [0.5, 0.6) is 0 Å². The Hall–Kier alpha value is -0.770. The Morgan fingerprint density at radius 2 is 2.06 bits per heavy atom. The summed E-state index contributed by atoms with van der Waals surface area (Å²) in [5, 5.41) is 14.9. The van der Waals surface area contributed by atoms with Gasteiger partial charge in [0.05, 0.1) is 0 Å². The summed E-state index contributed by atoms with van der Waals surface area (Å²) in [4.78, 5) is 11.4. The molecule has 0 saturated heterocycles. The third-order valence-corrected chi connectivity index (χ3v) is 3.39. The van der Waals surface area contributed by atoms with E-state index in [9.17, 15) is 4.79 Å². The Morgan fingerprint density at radius 1 is 1.31 bits per heavy atom. The molecule has 0 aromatic carbocycles. The molecule has 0 aromatic rings. The molecular formula is C12H24N2O2. The molecule has 2 atom stereocenters. The summed E-state index contributed by atoms with van der Waals surface area (Å²) in [5.74, 6) is 0.845. The number of amides is 2. The maximum Gasteiger partial charge on any atom is 0.314 e. The van der Waals surface area contributed by atoms with Crippen molar-refractivity contribution in [3.05, 3.63) is 0 Å². The number of aliphatic hydroxyl groups is 1. The fraction of sp³-hybridized carbons (Fsp3) is 0.917. The predicted molar refractivity (Wildman–Crippen MR) is 64.2 cm³/mol. The summed E-state index contributed by atoms with van der Waals surface area (Å²) >= 11 is 0. The van der Waals surface area contributed by atoms with Crippen molar-refractivity contribution in [1.82, 2.24) is 10.6 Å². The van der Waals surface area contributed by atoms with Crippen LogP contribution in [0.4, 0.5) is 4.79 Å². The minimum Gasteiger partial charge on any atom is -0.396 e. The van der Waals surface area contributed by atoms with Crippen LogP contribution in [0.2, 0.25) is 0 Å². The van der Waals surface area contributed by atoms with Crippen molar-refractivity contribution in [2.24, 2.45) is 11.8 Å². The van der Waals surface area contributed by atoms with E-state index in [2.05, 4.69) is 17.6 Å². The van der Waals surface area contributed by atoms with Crippen LogP contribution in [0.3, 0.4) is 0 Å². The highest BCUT2D eigenvalue weighted by molar-refractivity contribution is 5.73. The van der Waals surface area contributed by atoms with E-state index in [-0.39, 0.29) is 12.6 Å². The number of nitrogens with one attached hydrogen (secondary N) is 2. The van der Waals surface area contributed by atoms with Gasteiger partial charge in [-0.1, -0.05) is 19.8 Å². The van der Waals surface area contributed by atoms with Crippen LogP contribution in [-0.4, -0.2) is 30.8 Å². The second-order valence-corrected chi connectivity index (χ2v) is 4.62. The summed E-state index contributed by atoms with van der Waals surface area (Å²) in [7, 11) is 0. The van der Waals surface area contributed by atoms with Crippen LogP contribution in [-0.2, 0) is 0 Å². The van der Waals surface area contributed by atoms with Crippen molar-refractivity contribution in [3.63, 3.8) is 0 Å². The number of rotatable bonds is 6. The molecule has 1 saturated carbocycles. The Balaban J connectivity index is 2.11. The quantitative estimate of drug-likeness (QED) is 0.603. The Morgan fingerprint density at radius 3 is 2.75 bits per heavy atom. The van der Waals surface area contributed by atoms with Gasteiger partial charge in [0.25, 0.3) is 0 Å². The predicted octanol–water partition coefficient (Wildman–Crippen LogP) is 1.49. The summed E-state index contributed by atoms with van der Waals surface area (Å²) in [6.45, 7) is 3.80. The molecule has 94 valence electrons. The molecule has 0 aromatic heterocycles. The maximum absolute atomic E-state index is 11.4. The largest absolute Gasteiger partial charge is 0.396 e. The summed E-state index contributed by atoms with van der Waals surface area (Å²) in [6, 6.07) is -0.0722. The Labute approximate surface area is 97.8 Å². The first kappa shape index (κ1) is 13.3. The zero-order valence-electron chi connectivity index (χ0n) is 10.2. The summed E-state index contributed by atoms with van der Waals surface area (Å²) < 4.78 is 0. The number of hydrogen-bond acceptors (Lipinski definition) is 2. The fourth-order valence-corrected chi connectivity index (χ4v) is 2.29. The molecule has 2 unspecified atom stereocenters. The zero-order chi connectivity index (χ0) is 11.8. The van der Waals surface area contributed by atoms with Gasteiger partial charge in [-0.2, -0.15) is 0 Å². The molecule has 0 aliphatic heterocycles. The Kier molecular flexibility index (Phi) is 6.23. The first-order valence-corrected chi connectivity index (χ1v) is 6.40. The fourth-order valence-electron chi connectivity index (χ4n) is 2.29. The van der Waals surface area contributed by atoms with Crippen LogP contribution in [0.1, 0.15) is 39.0 Å². The number of carbonyl (C=O) groups is 1. The highest BCUT2D eigenvalue weighted by atomic mass is 16.3. The summed E-state index contributed by atoms with van der Waals surface area (Å²) in [6.07, 6.45) is 5.52. The van der Waals surface area contributed by atoms with E-state index < -0.39 is 0 Å². The van der Waals surface area contributed by atoms with Crippen LogP contribution in [0, 0.1) is 11.8 Å². The second kappa shape index (κ2) is 7.49. The van der Waals surface area contributed by atoms with Crippen LogP contribution in [0.25, 0.3) is 0 Å². The number of unbranched alkanes of at least 4 members (excludes halogenated alkanes) is 1. The van der Waals surface area contributed by atoms with Crippen molar-refractivity contribution in [1.29, 1.82) is 0 Å². The van der Waals surface area contributed by atoms with Gasteiger partial charge in [-0.15, -0.1) is 0 Å². The van der Waals surface area contributed by atoms with E-state index in [4.69, 9.17) is 5.11 Å². The molecule has 0 spiro atoms. The van der Waals surface area contributed by atoms with Crippen molar-refractivity contribution >= 4 is 6.03 Å². The lowest BCUT2D eigenvalue weighted by molar-refractivity contribution is 0.190. The van der Waals surface area contributed by atoms with Gasteiger partial charge in [-0.25, -0.2) is 4.79 Å². The molecule has 1 fully saturated rings. The van der Waals surface area contributed by atoms with E-state index in [0.717, 1.165) is 32.2 Å². The first-order chi connectivity index (χ1) is 7.77. The van der Waals surface area contributed by atoms with Gasteiger partial charge < -0.3 is 15.7 Å². The smallest absolute Gasteiger partial charge is 0.314 e. The number of aliphatic hydroxyl groups excluding tert-OH is 1. The molecular weight excluding hydrogens is 204 g/mol. The van der Waals surface area contributed by atoms with Gasteiger partial charge in [0.2, 0.25) is 0 Å². The van der Waals surface area contributed by atoms with E-state index in [1.807, 2.05) is 0 Å². The standard InChI is InChI=1S/C12H24N2O2/c1-2-3-7-13-12(16)14-8-10-5-4-6-11(10)9-15/h10-11,15H,2-9H2,1H3,(H2,13,14,16). The molecule has 0 radical (unpaired) electrons. The highest BCUT2D eigenvalue weighted by Gasteiger charge is 2.26. The van der Waals surface area contributed by atoms with Crippen molar-refractivity contribution < 1.29 is 9.90 Å². The minimum absolute atomic E-state index is 0.0722. The van der Waals surface area contributed by atoms with Crippen molar-refractivity contribution in [2.45, 2.75) is 39.0 Å². The molecule has 1 rings (SSSR count). The monoisotopic (exact) mass is 228 g/mol. The second-order valence-electron chi connectivity index (χ2n) is 4.62. The molecule has 4 nitrogen and oxygen atoms in total. The third-order valence-electron chi connectivity index (χ3n) is 3.39. The molecule has 4 heteroatoms. The third kappa shape index (κ3) is 4.39. The molecule has 0 heterocycles. The molecule has 16 heavy (non-hydrogen) atoms. The first-order valence-electron chi connectivity index (χ1n) is 6.40. The van der Waals surface area contributed by atoms with Gasteiger partial charge in [-0.05, 0) is 31.1 Å². The molecule has 1 aliphatic rings. The van der Waals surface area contributed by atoms with E-state index in [1.165, 1.54) is 6.42 Å².